The number of nitrogens with one attached hydrogen (secondary N) is 1. The third kappa shape index (κ3) is 3.12. The van der Waals surface area contributed by atoms with E-state index in [0.717, 1.165) is 16.0 Å². The van der Waals surface area contributed by atoms with Gasteiger partial charge in [-0.15, -0.1) is 11.3 Å². The largest absolute Gasteiger partial charge is 0.497 e. The summed E-state index contributed by atoms with van der Waals surface area (Å²) in [6.07, 6.45) is -0.155. The number of nitrogens with zero attached hydrogens (tertiary/aromatic N) is 2. The van der Waals surface area contributed by atoms with Gasteiger partial charge in [0.1, 0.15) is 23.6 Å². The van der Waals surface area contributed by atoms with Crippen molar-refractivity contribution >= 4 is 27.4 Å². The Kier molecular flexibility index (Phi) is 4.79. The molecule has 0 spiro atoms. The lowest BCUT2D eigenvalue weighted by Gasteiger charge is -2.12. The molecule has 24 heavy (non-hydrogen) atoms. The smallest absolute Gasteiger partial charge is 0.181 e. The Morgan fingerprint density at radius 1 is 1.21 bits per heavy atom. The van der Waals surface area contributed by atoms with Crippen LogP contribution in [0.3, 0.4) is 0 Å². The molecule has 3 rings (SSSR count). The first-order valence-electron chi connectivity index (χ1n) is 7.17. The monoisotopic (exact) mass is 347 g/mol. The zero-order chi connectivity index (χ0) is 17.1. The van der Waals surface area contributed by atoms with Gasteiger partial charge in [-0.25, -0.2) is 9.97 Å². The molecular weight excluding hydrogens is 330 g/mol. The number of benzene rings is 1. The molecule has 0 bridgehead atoms. The third-order valence-electron chi connectivity index (χ3n) is 3.60. The molecule has 0 aliphatic rings. The van der Waals surface area contributed by atoms with Crippen LogP contribution in [0.25, 0.3) is 10.2 Å². The Bertz CT molecular complexity index is 850. The molecule has 2 heterocycles. The highest BCUT2D eigenvalue weighted by Gasteiger charge is 2.15. The van der Waals surface area contributed by atoms with E-state index in [1.807, 2.05) is 18.2 Å². The molecule has 0 aliphatic heterocycles. The summed E-state index contributed by atoms with van der Waals surface area (Å²) < 4.78 is 11.3. The first-order valence-corrected chi connectivity index (χ1v) is 8.05. The molecule has 2 aromatic heterocycles. The van der Waals surface area contributed by atoms with Crippen LogP contribution >= 0.6 is 11.3 Å². The van der Waals surface area contributed by atoms with Crippen molar-refractivity contribution in [1.82, 2.24) is 9.97 Å². The fraction of sp³-hybridized carbons (Fsp3) is 0.250. The van der Waals surface area contributed by atoms with E-state index in [1.165, 1.54) is 17.7 Å². The minimum Gasteiger partial charge on any atom is -0.497 e. The number of methoxy groups -OCH3 is 2. The van der Waals surface area contributed by atoms with Gasteiger partial charge in [-0.3, -0.25) is 0 Å². The normalized spacial score (nSPS) is 11.0. The van der Waals surface area contributed by atoms with Crippen molar-refractivity contribution in [1.29, 1.82) is 0 Å². The number of ether oxygens (including phenoxy) is 2. The summed E-state index contributed by atoms with van der Waals surface area (Å²) in [7, 11) is 3.21. The molecule has 0 saturated carbocycles. The first-order chi connectivity index (χ1) is 11.6. The van der Waals surface area contributed by atoms with Crippen LogP contribution < -0.4 is 14.8 Å². The van der Waals surface area contributed by atoms with E-state index < -0.39 is 6.29 Å². The zero-order valence-corrected chi connectivity index (χ0v) is 14.0. The van der Waals surface area contributed by atoms with Crippen LogP contribution in [0.15, 0.2) is 29.9 Å². The van der Waals surface area contributed by atoms with Crippen LogP contribution in [0, 0.1) is 0 Å². The number of thiophene rings is 1. The Morgan fingerprint density at radius 2 is 2.04 bits per heavy atom. The third-order valence-corrected chi connectivity index (χ3v) is 4.59. The van der Waals surface area contributed by atoms with E-state index in [-0.39, 0.29) is 0 Å². The second-order valence-corrected chi connectivity index (χ2v) is 5.88. The maximum Gasteiger partial charge on any atom is 0.181 e. The number of fused-ring (bicyclic) bond motifs is 1. The summed E-state index contributed by atoms with van der Waals surface area (Å²) in [5.74, 6) is 2.07. The maximum atomic E-state index is 9.38. The Morgan fingerprint density at radius 3 is 2.75 bits per heavy atom. The summed E-state index contributed by atoms with van der Waals surface area (Å²) >= 11 is 1.36. The highest BCUT2D eigenvalue weighted by Crippen LogP contribution is 2.32. The lowest BCUT2D eigenvalue weighted by Crippen LogP contribution is -2.04. The average molecular weight is 347 g/mol. The van der Waals surface area contributed by atoms with Crippen molar-refractivity contribution < 1.29 is 19.7 Å². The van der Waals surface area contributed by atoms with Crippen LogP contribution in [0.5, 0.6) is 11.5 Å². The molecule has 0 aliphatic carbocycles. The van der Waals surface area contributed by atoms with Crippen LogP contribution in [0.2, 0.25) is 0 Å². The number of aliphatic hydroxyl groups excluding tert-OH is 1. The predicted octanol–water partition coefficient (Wildman–Crippen LogP) is 2.30. The molecule has 1 aromatic carbocycles. The summed E-state index contributed by atoms with van der Waals surface area (Å²) in [5, 5.41) is 23.7. The Balaban J connectivity index is 1.86. The van der Waals surface area contributed by atoms with Gasteiger partial charge in [0.2, 0.25) is 0 Å². The molecule has 126 valence electrons. The number of aromatic nitrogens is 2. The van der Waals surface area contributed by atoms with Gasteiger partial charge in [0, 0.05) is 29.1 Å². The Labute approximate surface area is 142 Å². The zero-order valence-electron chi connectivity index (χ0n) is 13.2. The molecule has 3 aromatic rings. The van der Waals surface area contributed by atoms with Crippen LogP contribution in [-0.4, -0.2) is 34.4 Å². The second kappa shape index (κ2) is 7.00. The van der Waals surface area contributed by atoms with Crippen molar-refractivity contribution in [2.45, 2.75) is 12.8 Å². The number of rotatable bonds is 6. The fourth-order valence-electron chi connectivity index (χ4n) is 2.36. The lowest BCUT2D eigenvalue weighted by atomic mass is 10.2. The van der Waals surface area contributed by atoms with E-state index in [1.54, 1.807) is 19.6 Å². The quantitative estimate of drug-likeness (QED) is 0.589. The van der Waals surface area contributed by atoms with Gasteiger partial charge < -0.3 is 25.0 Å². The summed E-state index contributed by atoms with van der Waals surface area (Å²) in [6.45, 7) is 0.494. The Hall–Kier alpha value is -2.42. The molecule has 0 saturated heterocycles. The van der Waals surface area contributed by atoms with Crippen molar-refractivity contribution in [3.05, 3.63) is 41.0 Å². The minimum atomic E-state index is -1.55. The van der Waals surface area contributed by atoms with Crippen LogP contribution in [0.4, 0.5) is 5.82 Å². The first kappa shape index (κ1) is 16.4. The SMILES string of the molecule is COc1ccc(CNc2ncnc3c(C(O)O)csc23)c(OC)c1. The van der Waals surface area contributed by atoms with Crippen molar-refractivity contribution in [2.24, 2.45) is 0 Å². The topological polar surface area (TPSA) is 96.7 Å². The number of hydrogen-bond acceptors (Lipinski definition) is 8. The number of anilines is 1. The van der Waals surface area contributed by atoms with E-state index >= 15 is 0 Å². The maximum absolute atomic E-state index is 9.38. The van der Waals surface area contributed by atoms with E-state index in [0.29, 0.717) is 29.2 Å². The van der Waals surface area contributed by atoms with E-state index in [2.05, 4.69) is 15.3 Å². The molecule has 0 unspecified atom stereocenters. The molecule has 8 heteroatoms. The second-order valence-electron chi connectivity index (χ2n) is 5.00. The summed E-state index contributed by atoms with van der Waals surface area (Å²) in [4.78, 5) is 8.38. The van der Waals surface area contributed by atoms with Gasteiger partial charge in [-0.2, -0.15) is 0 Å². The van der Waals surface area contributed by atoms with Crippen molar-refractivity contribution in [2.75, 3.05) is 19.5 Å². The minimum absolute atomic E-state index is 0.377. The van der Waals surface area contributed by atoms with E-state index in [4.69, 9.17) is 9.47 Å². The summed E-state index contributed by atoms with van der Waals surface area (Å²) in [5.41, 5.74) is 1.86. The average Bonchev–Trinajstić information content (AvgIpc) is 3.04. The van der Waals surface area contributed by atoms with Gasteiger partial charge in [-0.05, 0) is 12.1 Å². The fourth-order valence-corrected chi connectivity index (χ4v) is 3.35. The van der Waals surface area contributed by atoms with Crippen molar-refractivity contribution in [3.63, 3.8) is 0 Å². The predicted molar refractivity (Wildman–Crippen MR) is 91.5 cm³/mol. The van der Waals surface area contributed by atoms with Gasteiger partial charge in [0.25, 0.3) is 0 Å². The molecule has 3 N–H and O–H groups in total. The highest BCUT2D eigenvalue weighted by atomic mass is 32.1. The number of hydrogen-bond donors (Lipinski definition) is 3. The van der Waals surface area contributed by atoms with E-state index in [9.17, 15) is 10.2 Å². The van der Waals surface area contributed by atoms with Gasteiger partial charge in [0.05, 0.1) is 24.4 Å². The molecule has 0 atom stereocenters. The molecule has 0 radical (unpaired) electrons. The van der Waals surface area contributed by atoms with Crippen LogP contribution in [0.1, 0.15) is 17.4 Å². The van der Waals surface area contributed by atoms with Gasteiger partial charge in [0.15, 0.2) is 6.29 Å². The van der Waals surface area contributed by atoms with Crippen molar-refractivity contribution in [3.8, 4) is 11.5 Å². The molecule has 7 nitrogen and oxygen atoms in total. The lowest BCUT2D eigenvalue weighted by molar-refractivity contribution is -0.0411. The van der Waals surface area contributed by atoms with Gasteiger partial charge >= 0.3 is 0 Å². The standard InChI is InChI=1S/C16H17N3O4S/c1-22-10-4-3-9(12(5-10)23-2)6-17-15-14-13(18-8-19-15)11(7-24-14)16(20)21/h3-5,7-8,16,20-21H,6H2,1-2H3,(H,17,18,19). The molecule has 0 amide bonds. The van der Waals surface area contributed by atoms with Gasteiger partial charge in [-0.1, -0.05) is 0 Å². The molecular formula is C16H17N3O4S. The number of aliphatic hydroxyl groups is 2. The summed E-state index contributed by atoms with van der Waals surface area (Å²) in [6, 6.07) is 5.60. The highest BCUT2D eigenvalue weighted by molar-refractivity contribution is 7.18. The molecule has 0 fully saturated rings. The van der Waals surface area contributed by atoms with Crippen LogP contribution in [-0.2, 0) is 6.54 Å².